The van der Waals surface area contributed by atoms with E-state index in [1.807, 2.05) is 13.8 Å². The Morgan fingerprint density at radius 2 is 2.25 bits per heavy atom. The van der Waals surface area contributed by atoms with Gasteiger partial charge >= 0.3 is 4.87 Å². The summed E-state index contributed by atoms with van der Waals surface area (Å²) < 4.78 is 1.70. The highest BCUT2D eigenvalue weighted by atomic mass is 32.1. The zero-order valence-electron chi connectivity index (χ0n) is 12.4. The van der Waals surface area contributed by atoms with Crippen LogP contribution in [0.2, 0.25) is 0 Å². The van der Waals surface area contributed by atoms with Gasteiger partial charge < -0.3 is 15.2 Å². The van der Waals surface area contributed by atoms with Crippen LogP contribution in [-0.4, -0.2) is 29.1 Å². The van der Waals surface area contributed by atoms with Gasteiger partial charge in [0, 0.05) is 35.6 Å². The summed E-state index contributed by atoms with van der Waals surface area (Å²) in [5, 5.41) is 6.44. The summed E-state index contributed by atoms with van der Waals surface area (Å²) in [5.41, 5.74) is 0.973. The highest BCUT2D eigenvalue weighted by Crippen LogP contribution is 2.11. The Bertz CT molecular complexity index is 535. The van der Waals surface area contributed by atoms with E-state index >= 15 is 0 Å². The smallest absolute Gasteiger partial charge is 0.307 e. The Labute approximate surface area is 123 Å². The number of carbonyl (C=O) groups excluding carboxylic acids is 1. The molecule has 20 heavy (non-hydrogen) atoms. The molecule has 1 aliphatic rings. The number of nitrogens with one attached hydrogen (secondary N) is 2. The van der Waals surface area contributed by atoms with Gasteiger partial charge in [-0.2, -0.15) is 0 Å². The van der Waals surface area contributed by atoms with Gasteiger partial charge in [0.05, 0.1) is 0 Å². The minimum atomic E-state index is 0.0282. The summed E-state index contributed by atoms with van der Waals surface area (Å²) in [6, 6.07) is 0.527. The molecule has 0 saturated carbocycles. The van der Waals surface area contributed by atoms with Crippen LogP contribution in [0.5, 0.6) is 0 Å². The number of amides is 1. The Hall–Kier alpha value is -1.14. The molecule has 2 heterocycles. The van der Waals surface area contributed by atoms with Crippen LogP contribution >= 0.6 is 11.3 Å². The molecule has 1 aromatic heterocycles. The maximum Gasteiger partial charge on any atom is 0.307 e. The normalized spacial score (nSPS) is 22.8. The molecule has 0 bridgehead atoms. The van der Waals surface area contributed by atoms with Gasteiger partial charge in [-0.3, -0.25) is 9.59 Å². The van der Waals surface area contributed by atoms with Crippen molar-refractivity contribution in [2.45, 2.75) is 58.7 Å². The predicted molar refractivity (Wildman–Crippen MR) is 81.3 cm³/mol. The van der Waals surface area contributed by atoms with Gasteiger partial charge in [-0.15, -0.1) is 0 Å². The van der Waals surface area contributed by atoms with Gasteiger partial charge in [-0.1, -0.05) is 11.3 Å². The Balaban J connectivity index is 1.87. The molecular formula is C14H23N3O2S. The predicted octanol–water partition coefficient (Wildman–Crippen LogP) is 1.17. The molecule has 112 valence electrons. The van der Waals surface area contributed by atoms with E-state index in [4.69, 9.17) is 0 Å². The van der Waals surface area contributed by atoms with E-state index in [1.54, 1.807) is 4.57 Å². The van der Waals surface area contributed by atoms with E-state index < -0.39 is 0 Å². The third-order valence-corrected chi connectivity index (χ3v) is 5.04. The molecule has 2 rings (SSSR count). The number of carbonyl (C=O) groups is 1. The summed E-state index contributed by atoms with van der Waals surface area (Å²) >= 11 is 1.25. The zero-order valence-corrected chi connectivity index (χ0v) is 13.2. The zero-order chi connectivity index (χ0) is 14.7. The van der Waals surface area contributed by atoms with Crippen molar-refractivity contribution in [2.75, 3.05) is 6.54 Å². The van der Waals surface area contributed by atoms with Crippen molar-refractivity contribution in [1.82, 2.24) is 15.2 Å². The molecule has 0 aliphatic carbocycles. The molecule has 1 saturated heterocycles. The molecule has 2 N–H and O–H groups in total. The Morgan fingerprint density at radius 3 is 2.85 bits per heavy atom. The van der Waals surface area contributed by atoms with Gasteiger partial charge in [-0.25, -0.2) is 0 Å². The number of aryl methyl sites for hydroxylation is 1. The third-order valence-electron chi connectivity index (χ3n) is 4.05. The second-order valence-electron chi connectivity index (χ2n) is 5.47. The van der Waals surface area contributed by atoms with E-state index in [0.717, 1.165) is 30.0 Å². The molecular weight excluding hydrogens is 274 g/mol. The van der Waals surface area contributed by atoms with Gasteiger partial charge in [-0.05, 0) is 40.2 Å². The van der Waals surface area contributed by atoms with Crippen molar-refractivity contribution >= 4 is 17.2 Å². The van der Waals surface area contributed by atoms with E-state index in [9.17, 15) is 9.59 Å². The van der Waals surface area contributed by atoms with Gasteiger partial charge in [0.15, 0.2) is 0 Å². The lowest BCUT2D eigenvalue weighted by molar-refractivity contribution is -0.122. The van der Waals surface area contributed by atoms with Crippen LogP contribution in [0.3, 0.4) is 0 Å². The van der Waals surface area contributed by atoms with Crippen LogP contribution in [0, 0.1) is 13.8 Å². The second kappa shape index (κ2) is 6.54. The van der Waals surface area contributed by atoms with Gasteiger partial charge in [0.1, 0.15) is 0 Å². The lowest BCUT2D eigenvalue weighted by Crippen LogP contribution is -2.52. The summed E-state index contributed by atoms with van der Waals surface area (Å²) in [6.07, 6.45) is 2.48. The van der Waals surface area contributed by atoms with Crippen molar-refractivity contribution < 1.29 is 4.79 Å². The van der Waals surface area contributed by atoms with Crippen LogP contribution < -0.4 is 15.5 Å². The van der Waals surface area contributed by atoms with Crippen LogP contribution in [0.4, 0.5) is 0 Å². The maximum atomic E-state index is 12.0. The van der Waals surface area contributed by atoms with Crippen LogP contribution in [0.1, 0.15) is 36.8 Å². The SMILES string of the molecule is Cc1sc(=O)n(CCC(=O)NC2CCCNC2C)c1C. The molecule has 0 spiro atoms. The molecule has 1 aromatic rings. The monoisotopic (exact) mass is 297 g/mol. The lowest BCUT2D eigenvalue weighted by Gasteiger charge is -2.30. The summed E-state index contributed by atoms with van der Waals surface area (Å²) in [7, 11) is 0. The second-order valence-corrected chi connectivity index (χ2v) is 6.64. The molecule has 2 unspecified atom stereocenters. The average molecular weight is 297 g/mol. The van der Waals surface area contributed by atoms with Crippen LogP contribution in [0.25, 0.3) is 0 Å². The highest BCUT2D eigenvalue weighted by Gasteiger charge is 2.22. The number of rotatable bonds is 4. The number of thiazole rings is 1. The standard InChI is InChI=1S/C14H23N3O2S/c1-9-12(5-4-7-15-9)16-13(18)6-8-17-10(2)11(3)20-14(17)19/h9,12,15H,4-8H2,1-3H3,(H,16,18). The number of nitrogens with zero attached hydrogens (tertiary/aromatic N) is 1. The Kier molecular flexibility index (Phi) is 4.99. The number of aromatic nitrogens is 1. The first kappa shape index (κ1) is 15.3. The number of piperidine rings is 1. The summed E-state index contributed by atoms with van der Waals surface area (Å²) in [5.74, 6) is 0.0284. The first-order valence-electron chi connectivity index (χ1n) is 7.18. The molecule has 6 heteroatoms. The third kappa shape index (κ3) is 3.49. The molecule has 1 aliphatic heterocycles. The first-order valence-corrected chi connectivity index (χ1v) is 8.00. The highest BCUT2D eigenvalue weighted by molar-refractivity contribution is 7.09. The fraction of sp³-hybridized carbons (Fsp3) is 0.714. The lowest BCUT2D eigenvalue weighted by atomic mass is 10.00. The fourth-order valence-electron chi connectivity index (χ4n) is 2.58. The van der Waals surface area contributed by atoms with Crippen molar-refractivity contribution in [3.05, 3.63) is 20.2 Å². The quantitative estimate of drug-likeness (QED) is 0.877. The fourth-order valence-corrected chi connectivity index (χ4v) is 3.44. The topological polar surface area (TPSA) is 63.1 Å². The number of hydrogen-bond acceptors (Lipinski definition) is 4. The van der Waals surface area contributed by atoms with E-state index in [2.05, 4.69) is 17.6 Å². The van der Waals surface area contributed by atoms with Gasteiger partial charge in [0.25, 0.3) is 0 Å². The largest absolute Gasteiger partial charge is 0.352 e. The van der Waals surface area contributed by atoms with Crippen molar-refractivity contribution in [2.24, 2.45) is 0 Å². The van der Waals surface area contributed by atoms with Crippen molar-refractivity contribution in [1.29, 1.82) is 0 Å². The molecule has 0 aromatic carbocycles. The van der Waals surface area contributed by atoms with Crippen molar-refractivity contribution in [3.63, 3.8) is 0 Å². The van der Waals surface area contributed by atoms with Crippen molar-refractivity contribution in [3.8, 4) is 0 Å². The molecule has 1 fully saturated rings. The van der Waals surface area contributed by atoms with E-state index in [0.29, 0.717) is 19.0 Å². The summed E-state index contributed by atoms with van der Waals surface area (Å²) in [6.45, 7) is 7.46. The molecule has 2 atom stereocenters. The molecule has 0 radical (unpaired) electrons. The average Bonchev–Trinajstić information content (AvgIpc) is 2.64. The summed E-state index contributed by atoms with van der Waals surface area (Å²) in [4.78, 5) is 24.8. The van der Waals surface area contributed by atoms with Crippen LogP contribution in [-0.2, 0) is 11.3 Å². The minimum absolute atomic E-state index is 0.0282. The minimum Gasteiger partial charge on any atom is -0.352 e. The van der Waals surface area contributed by atoms with Crippen LogP contribution in [0.15, 0.2) is 4.79 Å². The molecule has 5 nitrogen and oxygen atoms in total. The molecule has 1 amide bonds. The number of hydrogen-bond donors (Lipinski definition) is 2. The van der Waals surface area contributed by atoms with Gasteiger partial charge in [0.2, 0.25) is 5.91 Å². The van der Waals surface area contributed by atoms with E-state index in [-0.39, 0.29) is 16.8 Å². The maximum absolute atomic E-state index is 12.0. The first-order chi connectivity index (χ1) is 9.49. The Morgan fingerprint density at radius 1 is 1.50 bits per heavy atom. The van der Waals surface area contributed by atoms with E-state index in [1.165, 1.54) is 11.3 Å².